The molecule has 1 aliphatic rings. The fourth-order valence-electron chi connectivity index (χ4n) is 3.59. The van der Waals surface area contributed by atoms with Gasteiger partial charge in [-0.3, -0.25) is 4.79 Å². The number of fused-ring (bicyclic) bond motifs is 2. The van der Waals surface area contributed by atoms with Gasteiger partial charge in [0.05, 0.1) is 19.8 Å². The Bertz CT molecular complexity index is 944. The van der Waals surface area contributed by atoms with E-state index >= 15 is 0 Å². The highest BCUT2D eigenvalue weighted by atomic mass is 16.5. The van der Waals surface area contributed by atoms with E-state index in [-0.39, 0.29) is 5.91 Å². The van der Waals surface area contributed by atoms with E-state index in [4.69, 9.17) is 9.15 Å². The van der Waals surface area contributed by atoms with Gasteiger partial charge in [-0.15, -0.1) is 10.2 Å². The molecule has 7 heteroatoms. The second kappa shape index (κ2) is 7.82. The number of nitrogens with zero attached hydrogens (tertiary/aromatic N) is 3. The maximum atomic E-state index is 12.3. The first-order chi connectivity index (χ1) is 13.2. The number of hydrogen-bond donors (Lipinski definition) is 1. The number of benzene rings is 1. The number of carbonyl (C=O) groups is 1. The Morgan fingerprint density at radius 3 is 3.15 bits per heavy atom. The van der Waals surface area contributed by atoms with Crippen LogP contribution in [-0.2, 0) is 30.6 Å². The Balaban J connectivity index is 1.27. The van der Waals surface area contributed by atoms with Crippen LogP contribution < -0.4 is 10.1 Å². The van der Waals surface area contributed by atoms with Crippen LogP contribution in [0.3, 0.4) is 0 Å². The summed E-state index contributed by atoms with van der Waals surface area (Å²) < 4.78 is 13.0. The average molecular weight is 368 g/mol. The lowest BCUT2D eigenvalue weighted by atomic mass is 10.1. The molecule has 0 unspecified atom stereocenters. The fraction of sp³-hybridized carbons (Fsp3) is 0.450. The number of aromatic nitrogens is 3. The van der Waals surface area contributed by atoms with E-state index < -0.39 is 0 Å². The highest BCUT2D eigenvalue weighted by molar-refractivity contribution is 5.88. The molecule has 0 radical (unpaired) electrons. The molecular formula is C20H24N4O3. The summed E-state index contributed by atoms with van der Waals surface area (Å²) in [4.78, 5) is 12.3. The van der Waals surface area contributed by atoms with Crippen molar-refractivity contribution in [1.82, 2.24) is 20.1 Å². The summed E-state index contributed by atoms with van der Waals surface area (Å²) in [7, 11) is 1.62. The largest absolute Gasteiger partial charge is 0.497 e. The van der Waals surface area contributed by atoms with Gasteiger partial charge >= 0.3 is 0 Å². The Morgan fingerprint density at radius 2 is 2.26 bits per heavy atom. The van der Waals surface area contributed by atoms with E-state index in [9.17, 15) is 4.79 Å². The summed E-state index contributed by atoms with van der Waals surface area (Å²) in [6.07, 6.45) is 7.05. The van der Waals surface area contributed by atoms with Crippen LogP contribution in [0.2, 0.25) is 0 Å². The monoisotopic (exact) mass is 368 g/mol. The van der Waals surface area contributed by atoms with E-state index in [0.29, 0.717) is 13.0 Å². The van der Waals surface area contributed by atoms with Crippen molar-refractivity contribution in [3.63, 3.8) is 0 Å². The second-order valence-corrected chi connectivity index (χ2v) is 6.89. The van der Waals surface area contributed by atoms with Crippen LogP contribution in [0.5, 0.6) is 5.75 Å². The van der Waals surface area contributed by atoms with Crippen LogP contribution in [0.15, 0.2) is 28.9 Å². The number of rotatable bonds is 7. The fourth-order valence-corrected chi connectivity index (χ4v) is 3.59. The first kappa shape index (κ1) is 17.6. The third-order valence-corrected chi connectivity index (χ3v) is 5.05. The first-order valence-electron chi connectivity index (χ1n) is 9.46. The quantitative estimate of drug-likeness (QED) is 0.649. The van der Waals surface area contributed by atoms with Crippen molar-refractivity contribution in [3.05, 3.63) is 41.7 Å². The Morgan fingerprint density at radius 1 is 1.33 bits per heavy atom. The molecule has 142 valence electrons. The molecule has 1 aliphatic heterocycles. The molecule has 0 aliphatic carbocycles. The normalized spacial score (nSPS) is 13.5. The number of ether oxygens (including phenoxy) is 1. The summed E-state index contributed by atoms with van der Waals surface area (Å²) in [6, 6.07) is 5.63. The van der Waals surface area contributed by atoms with Crippen molar-refractivity contribution < 1.29 is 13.9 Å². The van der Waals surface area contributed by atoms with Gasteiger partial charge < -0.3 is 19.0 Å². The van der Waals surface area contributed by atoms with Gasteiger partial charge in [0, 0.05) is 42.9 Å². The Hall–Kier alpha value is -2.83. The minimum atomic E-state index is -0.00297. The summed E-state index contributed by atoms with van der Waals surface area (Å²) in [5.74, 6) is 2.87. The molecule has 1 amide bonds. The molecule has 2 aromatic heterocycles. The zero-order chi connectivity index (χ0) is 18.6. The van der Waals surface area contributed by atoms with Gasteiger partial charge in [-0.1, -0.05) is 0 Å². The van der Waals surface area contributed by atoms with Crippen LogP contribution in [-0.4, -0.2) is 34.3 Å². The minimum Gasteiger partial charge on any atom is -0.497 e. The third kappa shape index (κ3) is 3.82. The van der Waals surface area contributed by atoms with Crippen molar-refractivity contribution in [2.75, 3.05) is 13.7 Å². The molecule has 3 heterocycles. The number of aryl methyl sites for hydroxylation is 2. The summed E-state index contributed by atoms with van der Waals surface area (Å²) in [5.41, 5.74) is 1.62. The molecule has 0 atom stereocenters. The molecule has 1 aromatic carbocycles. The van der Waals surface area contributed by atoms with Crippen LogP contribution in [0.1, 0.15) is 36.5 Å². The highest BCUT2D eigenvalue weighted by Gasteiger charge is 2.15. The molecule has 0 saturated heterocycles. The first-order valence-corrected chi connectivity index (χ1v) is 9.46. The van der Waals surface area contributed by atoms with Gasteiger partial charge in [-0.2, -0.15) is 0 Å². The van der Waals surface area contributed by atoms with E-state index in [0.717, 1.165) is 59.7 Å². The number of furan rings is 1. The minimum absolute atomic E-state index is 0.00297. The molecule has 4 rings (SSSR count). The standard InChI is InChI=1S/C20H24N4O3/c1-26-15-7-8-16-14(13-27-17(16)12-15)11-20(25)21-9-4-6-19-23-22-18-5-2-3-10-24(18)19/h7-8,12-13H,2-6,9-11H2,1H3,(H,21,25). The zero-order valence-corrected chi connectivity index (χ0v) is 15.5. The zero-order valence-electron chi connectivity index (χ0n) is 15.5. The number of methoxy groups -OCH3 is 1. The molecule has 1 N–H and O–H groups in total. The maximum Gasteiger partial charge on any atom is 0.224 e. The molecular weight excluding hydrogens is 344 g/mol. The van der Waals surface area contributed by atoms with Gasteiger partial charge in [0.2, 0.25) is 5.91 Å². The molecule has 0 fully saturated rings. The highest BCUT2D eigenvalue weighted by Crippen LogP contribution is 2.25. The second-order valence-electron chi connectivity index (χ2n) is 6.89. The van der Waals surface area contributed by atoms with E-state index in [1.54, 1.807) is 13.4 Å². The van der Waals surface area contributed by atoms with Crippen molar-refractivity contribution in [1.29, 1.82) is 0 Å². The molecule has 0 bridgehead atoms. The molecule has 3 aromatic rings. The average Bonchev–Trinajstić information content (AvgIpc) is 3.29. The van der Waals surface area contributed by atoms with E-state index in [1.165, 1.54) is 12.8 Å². The van der Waals surface area contributed by atoms with Crippen molar-refractivity contribution in [2.24, 2.45) is 0 Å². The number of hydrogen-bond acceptors (Lipinski definition) is 5. The molecule has 0 spiro atoms. The lowest BCUT2D eigenvalue weighted by Gasteiger charge is -2.14. The number of nitrogens with one attached hydrogen (secondary N) is 1. The smallest absolute Gasteiger partial charge is 0.224 e. The van der Waals surface area contributed by atoms with E-state index in [2.05, 4.69) is 20.1 Å². The Labute approximate surface area is 157 Å². The maximum absolute atomic E-state index is 12.3. The van der Waals surface area contributed by atoms with Crippen LogP contribution >= 0.6 is 0 Å². The van der Waals surface area contributed by atoms with Gasteiger partial charge in [0.25, 0.3) is 0 Å². The Kier molecular flexibility index (Phi) is 5.09. The van der Waals surface area contributed by atoms with Crippen LogP contribution in [0.4, 0.5) is 0 Å². The van der Waals surface area contributed by atoms with Crippen molar-refractivity contribution >= 4 is 16.9 Å². The summed E-state index contributed by atoms with van der Waals surface area (Å²) in [6.45, 7) is 1.65. The van der Waals surface area contributed by atoms with Gasteiger partial charge in [-0.05, 0) is 31.4 Å². The predicted octanol–water partition coefficient (Wildman–Crippen LogP) is 2.66. The van der Waals surface area contributed by atoms with E-state index in [1.807, 2.05) is 18.2 Å². The number of amides is 1. The van der Waals surface area contributed by atoms with Gasteiger partial charge in [0.15, 0.2) is 0 Å². The topological polar surface area (TPSA) is 82.2 Å². The van der Waals surface area contributed by atoms with Crippen LogP contribution in [0.25, 0.3) is 11.0 Å². The lowest BCUT2D eigenvalue weighted by Crippen LogP contribution is -2.26. The summed E-state index contributed by atoms with van der Waals surface area (Å²) in [5, 5.41) is 12.5. The van der Waals surface area contributed by atoms with Gasteiger partial charge in [-0.25, -0.2) is 0 Å². The van der Waals surface area contributed by atoms with Crippen molar-refractivity contribution in [2.45, 2.75) is 45.1 Å². The third-order valence-electron chi connectivity index (χ3n) is 5.05. The lowest BCUT2D eigenvalue weighted by molar-refractivity contribution is -0.120. The van der Waals surface area contributed by atoms with Gasteiger partial charge in [0.1, 0.15) is 23.0 Å². The van der Waals surface area contributed by atoms with Crippen LogP contribution in [0, 0.1) is 0 Å². The summed E-state index contributed by atoms with van der Waals surface area (Å²) >= 11 is 0. The molecule has 7 nitrogen and oxygen atoms in total. The molecule has 27 heavy (non-hydrogen) atoms. The van der Waals surface area contributed by atoms with Crippen molar-refractivity contribution in [3.8, 4) is 5.75 Å². The molecule has 0 saturated carbocycles. The predicted molar refractivity (Wildman–Crippen MR) is 101 cm³/mol. The SMILES string of the molecule is COc1ccc2c(CC(=O)NCCCc3nnc4n3CCCC4)coc2c1. The number of carbonyl (C=O) groups excluding carboxylic acids is 1.